The average Bonchev–Trinajstić information content (AvgIpc) is 2.21. The van der Waals surface area contributed by atoms with Crippen LogP contribution in [0.1, 0.15) is 47.0 Å². The van der Waals surface area contributed by atoms with Crippen LogP contribution in [0, 0.1) is 11.8 Å². The van der Waals surface area contributed by atoms with Crippen molar-refractivity contribution in [3.8, 4) is 0 Å². The number of halogens is 5. The number of carbonyl (C=O) groups is 2. The van der Waals surface area contributed by atoms with Crippen LogP contribution < -0.4 is 0 Å². The van der Waals surface area contributed by atoms with Gasteiger partial charge in [0.25, 0.3) is 0 Å². The fraction of sp³-hybridized carbons (Fsp3) is 0.857. The number of carboxylic acids is 1. The average molecular weight is 348 g/mol. The third kappa shape index (κ3) is 10.1. The molecule has 0 saturated carbocycles. The molecule has 0 aromatic heterocycles. The first-order chi connectivity index (χ1) is 10.0. The van der Waals surface area contributed by atoms with Gasteiger partial charge in [-0.2, -0.15) is 13.2 Å². The van der Waals surface area contributed by atoms with Gasteiger partial charge in [0.1, 0.15) is 5.60 Å². The van der Waals surface area contributed by atoms with Crippen molar-refractivity contribution >= 4 is 11.9 Å². The van der Waals surface area contributed by atoms with Gasteiger partial charge in [0.2, 0.25) is 5.92 Å². The number of carboxylic acid groups (broad SMARTS) is 1. The first-order valence-electron chi connectivity index (χ1n) is 6.92. The van der Waals surface area contributed by atoms with Crippen LogP contribution in [0.15, 0.2) is 0 Å². The molecule has 1 unspecified atom stereocenters. The molecule has 9 heteroatoms. The summed E-state index contributed by atoms with van der Waals surface area (Å²) in [4.78, 5) is 23.2. The van der Waals surface area contributed by atoms with Crippen molar-refractivity contribution in [1.29, 1.82) is 0 Å². The van der Waals surface area contributed by atoms with Crippen LogP contribution in [-0.4, -0.2) is 34.7 Å². The van der Waals surface area contributed by atoms with E-state index in [1.807, 2.05) is 0 Å². The minimum Gasteiger partial charge on any atom is -0.481 e. The summed E-state index contributed by atoms with van der Waals surface area (Å²) in [5.41, 5.74) is -1.08. The Bertz CT molecular complexity index is 420. The van der Waals surface area contributed by atoms with Crippen molar-refractivity contribution in [2.45, 2.75) is 64.7 Å². The molecular weight excluding hydrogens is 327 g/mol. The highest BCUT2D eigenvalue weighted by Crippen LogP contribution is 2.34. The lowest BCUT2D eigenvalue weighted by atomic mass is 9.84. The first kappa shape index (κ1) is 21.6. The lowest BCUT2D eigenvalue weighted by Crippen LogP contribution is -2.38. The number of aliphatic carboxylic acids is 1. The monoisotopic (exact) mass is 348 g/mol. The molecule has 4 nitrogen and oxygen atoms in total. The third-order valence-electron chi connectivity index (χ3n) is 2.83. The largest absolute Gasteiger partial charge is 0.481 e. The molecule has 0 aliphatic carbocycles. The topological polar surface area (TPSA) is 63.6 Å². The number of esters is 1. The van der Waals surface area contributed by atoms with Crippen molar-refractivity contribution < 1.29 is 41.4 Å². The Kier molecular flexibility index (Phi) is 6.98. The highest BCUT2D eigenvalue weighted by molar-refractivity contribution is 5.81. The summed E-state index contributed by atoms with van der Waals surface area (Å²) >= 11 is 0. The number of carbonyl (C=O) groups excluding carboxylic acids is 1. The molecule has 0 radical (unpaired) electrons. The van der Waals surface area contributed by atoms with Gasteiger partial charge in [-0.15, -0.1) is 0 Å². The van der Waals surface area contributed by atoms with Gasteiger partial charge in [0, 0.05) is 12.8 Å². The van der Waals surface area contributed by atoms with Crippen LogP contribution in [0.4, 0.5) is 22.0 Å². The Balaban J connectivity index is 5.40. The van der Waals surface area contributed by atoms with Crippen molar-refractivity contribution in [3.05, 3.63) is 0 Å². The van der Waals surface area contributed by atoms with E-state index in [0.717, 1.165) is 0 Å². The van der Waals surface area contributed by atoms with Gasteiger partial charge in [-0.3, -0.25) is 9.59 Å². The van der Waals surface area contributed by atoms with Crippen LogP contribution in [0.5, 0.6) is 0 Å². The van der Waals surface area contributed by atoms with Crippen LogP contribution in [0.3, 0.4) is 0 Å². The van der Waals surface area contributed by atoms with Gasteiger partial charge in [-0.05, 0) is 34.1 Å². The minimum absolute atomic E-state index is 0.465. The van der Waals surface area contributed by atoms with Crippen molar-refractivity contribution in [3.63, 3.8) is 0 Å². The molecule has 0 aliphatic rings. The Hall–Kier alpha value is -1.41. The van der Waals surface area contributed by atoms with E-state index in [1.54, 1.807) is 0 Å². The Morgan fingerprint density at radius 1 is 1.00 bits per heavy atom. The van der Waals surface area contributed by atoms with E-state index in [1.165, 1.54) is 20.8 Å². The molecule has 136 valence electrons. The molecule has 0 aromatic rings. The van der Waals surface area contributed by atoms with Gasteiger partial charge < -0.3 is 9.84 Å². The van der Waals surface area contributed by atoms with E-state index in [-0.39, 0.29) is 0 Å². The smallest absolute Gasteiger partial charge is 0.389 e. The number of rotatable bonds is 7. The van der Waals surface area contributed by atoms with Crippen LogP contribution >= 0.6 is 0 Å². The van der Waals surface area contributed by atoms with Crippen molar-refractivity contribution in [2.24, 2.45) is 11.8 Å². The van der Waals surface area contributed by atoms with E-state index in [4.69, 9.17) is 9.84 Å². The molecule has 0 heterocycles. The zero-order valence-electron chi connectivity index (χ0n) is 13.3. The van der Waals surface area contributed by atoms with Crippen LogP contribution in [-0.2, 0) is 14.3 Å². The molecule has 0 bridgehead atoms. The highest BCUT2D eigenvalue weighted by Gasteiger charge is 2.43. The highest BCUT2D eigenvalue weighted by atomic mass is 19.4. The quantitative estimate of drug-likeness (QED) is 0.557. The standard InChI is InChI=1S/C14H21F5O4/c1-12(2,3)23-11(22)9(7-13(4,15)16)8(10(20)21)5-6-14(17,18)19/h8-9H,5-7H2,1-4H3,(H,20,21)/t8-,9?/m1/s1. The maximum atomic E-state index is 13.2. The van der Waals surface area contributed by atoms with Crippen molar-refractivity contribution in [1.82, 2.24) is 0 Å². The van der Waals surface area contributed by atoms with Crippen LogP contribution in [0.2, 0.25) is 0 Å². The van der Waals surface area contributed by atoms with Gasteiger partial charge in [0.05, 0.1) is 11.8 Å². The molecule has 0 saturated heterocycles. The molecule has 0 aliphatic heterocycles. The van der Waals surface area contributed by atoms with Gasteiger partial charge in [0.15, 0.2) is 0 Å². The van der Waals surface area contributed by atoms with Crippen LogP contribution in [0.25, 0.3) is 0 Å². The molecule has 23 heavy (non-hydrogen) atoms. The fourth-order valence-electron chi connectivity index (χ4n) is 1.97. The molecule has 0 fully saturated rings. The number of alkyl halides is 5. The molecular formula is C14H21F5O4. The predicted octanol–water partition coefficient (Wildman–Crippen LogP) is 4.03. The summed E-state index contributed by atoms with van der Waals surface area (Å²) in [7, 11) is 0. The molecule has 0 spiro atoms. The Morgan fingerprint density at radius 3 is 1.78 bits per heavy atom. The lowest BCUT2D eigenvalue weighted by molar-refractivity contribution is -0.173. The first-order valence-corrected chi connectivity index (χ1v) is 6.92. The van der Waals surface area contributed by atoms with Gasteiger partial charge in [-0.25, -0.2) is 8.78 Å². The zero-order valence-corrected chi connectivity index (χ0v) is 13.3. The van der Waals surface area contributed by atoms with E-state index in [0.29, 0.717) is 6.92 Å². The maximum Gasteiger partial charge on any atom is 0.389 e. The number of hydrogen-bond donors (Lipinski definition) is 1. The van der Waals surface area contributed by atoms with E-state index < -0.39 is 60.7 Å². The van der Waals surface area contributed by atoms with Crippen molar-refractivity contribution in [2.75, 3.05) is 0 Å². The van der Waals surface area contributed by atoms with E-state index >= 15 is 0 Å². The molecule has 0 rings (SSSR count). The SMILES string of the molecule is CC(F)(F)CC(C(=O)OC(C)(C)C)[C@@H](CCC(F)(F)F)C(=O)O. The second-order valence-electron chi connectivity index (χ2n) is 6.51. The lowest BCUT2D eigenvalue weighted by Gasteiger charge is -2.29. The Morgan fingerprint density at radius 2 is 1.48 bits per heavy atom. The molecule has 0 amide bonds. The summed E-state index contributed by atoms with van der Waals surface area (Å²) in [5, 5.41) is 9.06. The van der Waals surface area contributed by atoms with Gasteiger partial charge in [-0.1, -0.05) is 0 Å². The Labute approximate surface area is 131 Å². The van der Waals surface area contributed by atoms with E-state index in [2.05, 4.69) is 0 Å². The minimum atomic E-state index is -4.65. The predicted molar refractivity (Wildman–Crippen MR) is 71.0 cm³/mol. The van der Waals surface area contributed by atoms with Gasteiger partial charge >= 0.3 is 18.1 Å². The summed E-state index contributed by atoms with van der Waals surface area (Å²) in [6.45, 7) is 4.79. The second kappa shape index (κ2) is 7.44. The number of ether oxygens (including phenoxy) is 1. The summed E-state index contributed by atoms with van der Waals surface area (Å²) < 4.78 is 68.3. The second-order valence-corrected chi connectivity index (χ2v) is 6.51. The summed E-state index contributed by atoms with van der Waals surface area (Å²) in [6.07, 6.45) is -8.31. The fourth-order valence-corrected chi connectivity index (χ4v) is 1.97. The summed E-state index contributed by atoms with van der Waals surface area (Å²) in [5.74, 6) is -10.2. The zero-order chi connectivity index (χ0) is 18.6. The van der Waals surface area contributed by atoms with E-state index in [9.17, 15) is 31.5 Å². The molecule has 2 atom stereocenters. The third-order valence-corrected chi connectivity index (χ3v) is 2.83. The number of hydrogen-bond acceptors (Lipinski definition) is 3. The molecule has 1 N–H and O–H groups in total. The summed E-state index contributed by atoms with van der Waals surface area (Å²) in [6, 6.07) is 0. The normalized spacial score (nSPS) is 15.9. The molecule has 0 aromatic carbocycles. The maximum absolute atomic E-state index is 13.2.